The van der Waals surface area contributed by atoms with E-state index in [9.17, 15) is 9.59 Å². The number of nitrogens with one attached hydrogen (secondary N) is 1. The fourth-order valence-electron chi connectivity index (χ4n) is 6.51. The van der Waals surface area contributed by atoms with Crippen LogP contribution in [0.25, 0.3) is 11.1 Å². The molecule has 3 aromatic rings. The lowest BCUT2D eigenvalue weighted by Gasteiger charge is -2.46. The summed E-state index contributed by atoms with van der Waals surface area (Å²) in [6, 6.07) is 10.1. The van der Waals surface area contributed by atoms with E-state index in [2.05, 4.69) is 16.4 Å². The molecule has 5 aliphatic rings. The van der Waals surface area contributed by atoms with Crippen LogP contribution in [-0.4, -0.2) is 41.0 Å². The Balaban J connectivity index is 1.14. The summed E-state index contributed by atoms with van der Waals surface area (Å²) in [6.45, 7) is 1.25. The van der Waals surface area contributed by atoms with E-state index < -0.39 is 0 Å². The van der Waals surface area contributed by atoms with Gasteiger partial charge < -0.3 is 24.6 Å². The molecule has 3 fully saturated rings. The number of ether oxygens (including phenoxy) is 2. The molecule has 1 aromatic carbocycles. The molecule has 9 nitrogen and oxygen atoms in total. The Kier molecular flexibility index (Phi) is 4.57. The lowest BCUT2D eigenvalue weighted by atomic mass is 9.71. The van der Waals surface area contributed by atoms with Crippen LogP contribution in [0.5, 0.6) is 11.6 Å². The minimum Gasteiger partial charge on any atom is -0.482 e. The molecule has 1 N–H and O–H groups in total. The van der Waals surface area contributed by atoms with Crippen molar-refractivity contribution in [2.45, 2.75) is 56.6 Å². The molecule has 0 unspecified atom stereocenters. The first-order valence-electron chi connectivity index (χ1n) is 13.4. The molecule has 0 radical (unpaired) electrons. The van der Waals surface area contributed by atoms with E-state index in [0.717, 1.165) is 72.5 Å². The van der Waals surface area contributed by atoms with Gasteiger partial charge in [-0.1, -0.05) is 0 Å². The summed E-state index contributed by atoms with van der Waals surface area (Å²) in [6.07, 6.45) is 9.44. The SMILES string of the molecule is O=C1CCCN1c1ccc2c(c1)OC1(CCC1)c1cc(Nc3cnc4c(c3)N3C(=O)CC[C@H]3CO4)ncc1-2. The fourth-order valence-corrected chi connectivity index (χ4v) is 6.51. The van der Waals surface area contributed by atoms with Crippen LogP contribution in [0.15, 0.2) is 42.7 Å². The maximum absolute atomic E-state index is 12.5. The first-order chi connectivity index (χ1) is 18.6. The van der Waals surface area contributed by atoms with Gasteiger partial charge in [0.05, 0.1) is 17.9 Å². The van der Waals surface area contributed by atoms with E-state index in [4.69, 9.17) is 14.5 Å². The summed E-state index contributed by atoms with van der Waals surface area (Å²) in [4.78, 5) is 37.7. The zero-order valence-corrected chi connectivity index (χ0v) is 20.9. The lowest BCUT2D eigenvalue weighted by Crippen LogP contribution is -2.42. The maximum atomic E-state index is 12.5. The van der Waals surface area contributed by atoms with Crippen LogP contribution in [-0.2, 0) is 15.2 Å². The van der Waals surface area contributed by atoms with E-state index in [0.29, 0.717) is 36.8 Å². The highest BCUT2D eigenvalue weighted by Gasteiger charge is 2.46. The van der Waals surface area contributed by atoms with Crippen molar-refractivity contribution >= 4 is 34.7 Å². The van der Waals surface area contributed by atoms with Crippen molar-refractivity contribution in [1.29, 1.82) is 0 Å². The van der Waals surface area contributed by atoms with Crippen molar-refractivity contribution in [2.24, 2.45) is 0 Å². The van der Waals surface area contributed by atoms with Crippen LogP contribution in [0.3, 0.4) is 0 Å². The monoisotopic (exact) mass is 509 g/mol. The third-order valence-electron chi connectivity index (χ3n) is 8.60. The lowest BCUT2D eigenvalue weighted by molar-refractivity contribution is -0.118. The molecule has 4 aliphatic heterocycles. The van der Waals surface area contributed by atoms with Crippen molar-refractivity contribution in [3.8, 4) is 22.8 Å². The van der Waals surface area contributed by atoms with Crippen LogP contribution in [0, 0.1) is 0 Å². The molecule has 2 saturated heterocycles. The van der Waals surface area contributed by atoms with Crippen molar-refractivity contribution in [3.63, 3.8) is 0 Å². The highest BCUT2D eigenvalue weighted by Crippen LogP contribution is 2.55. The first-order valence-corrected chi connectivity index (χ1v) is 13.4. The number of carbonyl (C=O) groups is 2. The predicted molar refractivity (Wildman–Crippen MR) is 141 cm³/mol. The summed E-state index contributed by atoms with van der Waals surface area (Å²) in [5, 5.41) is 3.39. The number of carbonyl (C=O) groups excluding carboxylic acids is 2. The molecule has 1 atom stereocenters. The van der Waals surface area contributed by atoms with Crippen LogP contribution >= 0.6 is 0 Å². The number of fused-ring (bicyclic) bond motifs is 7. The zero-order chi connectivity index (χ0) is 25.4. The standard InChI is InChI=1S/C29H27N5O4/c35-26-3-1-10-33(26)18-4-6-20-21-15-30-25(13-22(21)29(8-2-9-29)38-24(20)12-18)32-17-11-23-28(31-14-17)37-16-19-5-7-27(36)34(19)23/h4,6,11-15,19H,1-3,5,7-10,16H2,(H,30,32)/t19-/m0/s1. The predicted octanol–water partition coefficient (Wildman–Crippen LogP) is 4.67. The van der Waals surface area contributed by atoms with Gasteiger partial charge >= 0.3 is 0 Å². The Labute approximate surface area is 219 Å². The van der Waals surface area contributed by atoms with Gasteiger partial charge in [0.1, 0.15) is 29.5 Å². The van der Waals surface area contributed by atoms with Crippen LogP contribution < -0.4 is 24.6 Å². The van der Waals surface area contributed by atoms with Crippen molar-refractivity contribution in [3.05, 3.63) is 48.3 Å². The molecule has 1 aliphatic carbocycles. The largest absolute Gasteiger partial charge is 0.482 e. The number of aromatic nitrogens is 2. The molecule has 1 spiro atoms. The van der Waals surface area contributed by atoms with Gasteiger partial charge in [-0.3, -0.25) is 9.59 Å². The van der Waals surface area contributed by atoms with Crippen molar-refractivity contribution < 1.29 is 19.1 Å². The molecule has 1 saturated carbocycles. The third-order valence-corrected chi connectivity index (χ3v) is 8.60. The number of nitrogens with zero attached hydrogens (tertiary/aromatic N) is 4. The van der Waals surface area contributed by atoms with E-state index in [1.165, 1.54) is 0 Å². The van der Waals surface area contributed by atoms with Crippen LogP contribution in [0.2, 0.25) is 0 Å². The molecular weight excluding hydrogens is 482 g/mol. The van der Waals surface area contributed by atoms with E-state index in [1.54, 1.807) is 6.20 Å². The number of amides is 2. The minimum absolute atomic E-state index is 0.0775. The summed E-state index contributed by atoms with van der Waals surface area (Å²) in [5.74, 6) is 2.30. The topological polar surface area (TPSA) is 96.9 Å². The van der Waals surface area contributed by atoms with Gasteiger partial charge in [-0.15, -0.1) is 0 Å². The molecule has 6 heterocycles. The number of anilines is 4. The summed E-state index contributed by atoms with van der Waals surface area (Å²) in [5.41, 5.74) is 5.18. The van der Waals surface area contributed by atoms with E-state index in [-0.39, 0.29) is 23.5 Å². The minimum atomic E-state index is -0.382. The average Bonchev–Trinajstić information content (AvgIpc) is 3.52. The molecular formula is C29H27N5O4. The first kappa shape index (κ1) is 21.9. The Morgan fingerprint density at radius 1 is 0.974 bits per heavy atom. The molecule has 38 heavy (non-hydrogen) atoms. The molecule has 192 valence electrons. The van der Waals surface area contributed by atoms with Gasteiger partial charge in [-0.2, -0.15) is 0 Å². The molecule has 9 heteroatoms. The van der Waals surface area contributed by atoms with E-state index >= 15 is 0 Å². The molecule has 8 rings (SSSR count). The normalized spacial score (nSPS) is 22.2. The van der Waals surface area contributed by atoms with Crippen LogP contribution in [0.1, 0.15) is 50.5 Å². The number of pyridine rings is 2. The van der Waals surface area contributed by atoms with Crippen molar-refractivity contribution in [2.75, 3.05) is 28.3 Å². The second kappa shape index (κ2) is 7.93. The van der Waals surface area contributed by atoms with Gasteiger partial charge in [0.15, 0.2) is 0 Å². The van der Waals surface area contributed by atoms with Gasteiger partial charge in [-0.25, -0.2) is 9.97 Å². The molecule has 0 bridgehead atoms. The average molecular weight is 510 g/mol. The quantitative estimate of drug-likeness (QED) is 0.548. The second-order valence-electron chi connectivity index (χ2n) is 10.8. The smallest absolute Gasteiger partial charge is 0.238 e. The van der Waals surface area contributed by atoms with Crippen LogP contribution in [0.4, 0.5) is 22.9 Å². The highest BCUT2D eigenvalue weighted by atomic mass is 16.5. The fraction of sp³-hybridized carbons (Fsp3) is 0.379. The highest BCUT2D eigenvalue weighted by molar-refractivity contribution is 5.98. The Morgan fingerprint density at radius 3 is 2.71 bits per heavy atom. The summed E-state index contributed by atoms with van der Waals surface area (Å²) in [7, 11) is 0. The molecule has 2 amide bonds. The second-order valence-corrected chi connectivity index (χ2v) is 10.8. The van der Waals surface area contributed by atoms with E-state index in [1.807, 2.05) is 40.3 Å². The Bertz CT molecular complexity index is 1520. The van der Waals surface area contributed by atoms with Gasteiger partial charge in [-0.05, 0) is 56.4 Å². The number of rotatable bonds is 3. The number of hydrogen-bond donors (Lipinski definition) is 1. The Hall–Kier alpha value is -4.14. The maximum Gasteiger partial charge on any atom is 0.238 e. The Morgan fingerprint density at radius 2 is 1.89 bits per heavy atom. The van der Waals surface area contributed by atoms with Gasteiger partial charge in [0, 0.05) is 54.0 Å². The summed E-state index contributed by atoms with van der Waals surface area (Å²) >= 11 is 0. The van der Waals surface area contributed by atoms with Gasteiger partial charge in [0.25, 0.3) is 0 Å². The molecule has 2 aromatic heterocycles. The number of benzene rings is 1. The van der Waals surface area contributed by atoms with Crippen molar-refractivity contribution in [1.82, 2.24) is 9.97 Å². The zero-order valence-electron chi connectivity index (χ0n) is 20.9. The number of hydrogen-bond acceptors (Lipinski definition) is 7. The van der Waals surface area contributed by atoms with Gasteiger partial charge in [0.2, 0.25) is 17.7 Å². The third kappa shape index (κ3) is 3.17. The summed E-state index contributed by atoms with van der Waals surface area (Å²) < 4.78 is 12.5.